The molecule has 0 aromatic heterocycles. The molecule has 1 saturated heterocycles. The summed E-state index contributed by atoms with van der Waals surface area (Å²) in [6, 6.07) is 8.65. The maximum absolute atomic E-state index is 9.71. The molecule has 0 saturated carbocycles. The number of aliphatic hydroxyl groups excluding tert-OH is 1. The topological polar surface area (TPSA) is 32.7 Å². The first-order valence-electron chi connectivity index (χ1n) is 6.20. The summed E-state index contributed by atoms with van der Waals surface area (Å²) >= 11 is 0. The molecule has 0 radical (unpaired) electrons. The number of likely N-dealkylation sites (N-methyl/N-ethyl adjacent to an activating group) is 1. The third kappa shape index (κ3) is 3.20. The van der Waals surface area contributed by atoms with Crippen LogP contribution in [0, 0.1) is 0 Å². The molecule has 1 fully saturated rings. The first-order valence-corrected chi connectivity index (χ1v) is 6.20. The molecule has 1 aliphatic heterocycles. The van der Waals surface area contributed by atoms with E-state index < -0.39 is 0 Å². The van der Waals surface area contributed by atoms with Crippen molar-refractivity contribution in [2.24, 2.45) is 0 Å². The Balaban J connectivity index is 1.98. The van der Waals surface area contributed by atoms with E-state index in [4.69, 9.17) is 4.74 Å². The zero-order valence-electron chi connectivity index (χ0n) is 10.6. The molecule has 17 heavy (non-hydrogen) atoms. The number of ether oxygens (including phenoxy) is 1. The number of hydrogen-bond donors (Lipinski definition) is 1. The molecule has 1 aromatic rings. The molecule has 1 aliphatic rings. The van der Waals surface area contributed by atoms with Crippen LogP contribution in [0.1, 0.15) is 18.4 Å². The Labute approximate surface area is 103 Å². The van der Waals surface area contributed by atoms with Crippen molar-refractivity contribution in [2.45, 2.75) is 31.4 Å². The lowest BCUT2D eigenvalue weighted by atomic mass is 9.94. The number of hydrogen-bond acceptors (Lipinski definition) is 3. The van der Waals surface area contributed by atoms with Crippen LogP contribution in [0.4, 0.5) is 0 Å². The molecule has 0 spiro atoms. The van der Waals surface area contributed by atoms with Crippen molar-refractivity contribution >= 4 is 0 Å². The Morgan fingerprint density at radius 2 is 2.06 bits per heavy atom. The van der Waals surface area contributed by atoms with Gasteiger partial charge in [0.1, 0.15) is 5.75 Å². The highest BCUT2D eigenvalue weighted by Gasteiger charge is 2.24. The maximum atomic E-state index is 9.71. The summed E-state index contributed by atoms with van der Waals surface area (Å²) in [5.74, 6) is 0.894. The van der Waals surface area contributed by atoms with Gasteiger partial charge < -0.3 is 14.7 Å². The first kappa shape index (κ1) is 12.4. The summed E-state index contributed by atoms with van der Waals surface area (Å²) in [5.41, 5.74) is 1.30. The lowest BCUT2D eigenvalue weighted by molar-refractivity contribution is 0.0558. The summed E-state index contributed by atoms with van der Waals surface area (Å²) in [6.45, 7) is 0.988. The van der Waals surface area contributed by atoms with E-state index in [9.17, 15) is 5.11 Å². The Kier molecular flexibility index (Phi) is 4.02. The number of aliphatic hydroxyl groups is 1. The van der Waals surface area contributed by atoms with Gasteiger partial charge in [-0.05, 0) is 44.0 Å². The summed E-state index contributed by atoms with van der Waals surface area (Å²) in [6.07, 6.45) is 2.64. The zero-order valence-corrected chi connectivity index (χ0v) is 10.6. The monoisotopic (exact) mass is 235 g/mol. The van der Waals surface area contributed by atoms with E-state index in [0.717, 1.165) is 31.6 Å². The smallest absolute Gasteiger partial charge is 0.118 e. The second kappa shape index (κ2) is 5.52. The largest absolute Gasteiger partial charge is 0.497 e. The van der Waals surface area contributed by atoms with Crippen LogP contribution in [-0.4, -0.2) is 42.9 Å². The van der Waals surface area contributed by atoms with E-state index in [1.165, 1.54) is 5.56 Å². The van der Waals surface area contributed by atoms with Crippen LogP contribution in [0.15, 0.2) is 24.3 Å². The van der Waals surface area contributed by atoms with Crippen LogP contribution in [0.5, 0.6) is 5.75 Å². The number of methoxy groups -OCH3 is 1. The van der Waals surface area contributed by atoms with Gasteiger partial charge in [-0.2, -0.15) is 0 Å². The zero-order chi connectivity index (χ0) is 12.3. The highest BCUT2D eigenvalue weighted by Crippen LogP contribution is 2.20. The van der Waals surface area contributed by atoms with Gasteiger partial charge in [0.15, 0.2) is 0 Å². The normalized spacial score (nSPS) is 25.8. The van der Waals surface area contributed by atoms with Crippen LogP contribution in [0.25, 0.3) is 0 Å². The standard InChI is InChI=1S/C14H21NO2/c1-15-8-7-13(16)10-12(15)9-11-3-5-14(17-2)6-4-11/h3-6,12-13,16H,7-10H2,1-2H3/t12-,13?/m0/s1. The van der Waals surface area contributed by atoms with Crippen molar-refractivity contribution in [1.29, 1.82) is 0 Å². The highest BCUT2D eigenvalue weighted by molar-refractivity contribution is 5.27. The molecule has 1 heterocycles. The molecule has 0 amide bonds. The van der Waals surface area contributed by atoms with Gasteiger partial charge in [0.2, 0.25) is 0 Å². The lowest BCUT2D eigenvalue weighted by Gasteiger charge is -2.35. The van der Waals surface area contributed by atoms with Crippen LogP contribution in [0.2, 0.25) is 0 Å². The van der Waals surface area contributed by atoms with E-state index >= 15 is 0 Å². The van der Waals surface area contributed by atoms with Gasteiger partial charge in [0, 0.05) is 12.6 Å². The van der Waals surface area contributed by atoms with Crippen LogP contribution in [0.3, 0.4) is 0 Å². The molecule has 94 valence electrons. The summed E-state index contributed by atoms with van der Waals surface area (Å²) in [7, 11) is 3.82. The van der Waals surface area contributed by atoms with Crippen molar-refractivity contribution in [1.82, 2.24) is 4.90 Å². The van der Waals surface area contributed by atoms with Gasteiger partial charge in [0.25, 0.3) is 0 Å². The molecule has 3 nitrogen and oxygen atoms in total. The number of rotatable bonds is 3. The number of nitrogens with zero attached hydrogens (tertiary/aromatic N) is 1. The van der Waals surface area contributed by atoms with Gasteiger partial charge in [-0.15, -0.1) is 0 Å². The fourth-order valence-corrected chi connectivity index (χ4v) is 2.42. The Morgan fingerprint density at radius 3 is 2.71 bits per heavy atom. The number of benzene rings is 1. The average Bonchev–Trinajstić information content (AvgIpc) is 2.35. The SMILES string of the molecule is COc1ccc(C[C@H]2CC(O)CCN2C)cc1. The van der Waals surface area contributed by atoms with Crippen molar-refractivity contribution < 1.29 is 9.84 Å². The molecular weight excluding hydrogens is 214 g/mol. The third-order valence-corrected chi connectivity index (χ3v) is 3.61. The van der Waals surface area contributed by atoms with Gasteiger partial charge in [-0.25, -0.2) is 0 Å². The van der Waals surface area contributed by atoms with E-state index in [-0.39, 0.29) is 6.10 Å². The molecule has 1 unspecified atom stereocenters. The van der Waals surface area contributed by atoms with E-state index in [1.807, 2.05) is 12.1 Å². The molecular formula is C14H21NO2. The highest BCUT2D eigenvalue weighted by atomic mass is 16.5. The molecule has 1 N–H and O–H groups in total. The first-order chi connectivity index (χ1) is 8.19. The fourth-order valence-electron chi connectivity index (χ4n) is 2.42. The maximum Gasteiger partial charge on any atom is 0.118 e. The predicted molar refractivity (Wildman–Crippen MR) is 68.4 cm³/mol. The van der Waals surface area contributed by atoms with Crippen LogP contribution < -0.4 is 4.74 Å². The van der Waals surface area contributed by atoms with Gasteiger partial charge in [-0.1, -0.05) is 12.1 Å². The Bertz CT molecular complexity index is 350. The molecule has 1 aromatic carbocycles. The van der Waals surface area contributed by atoms with E-state index in [2.05, 4.69) is 24.1 Å². The summed E-state index contributed by atoms with van der Waals surface area (Å²) < 4.78 is 5.15. The van der Waals surface area contributed by atoms with Gasteiger partial charge >= 0.3 is 0 Å². The lowest BCUT2D eigenvalue weighted by Crippen LogP contribution is -2.42. The van der Waals surface area contributed by atoms with E-state index in [1.54, 1.807) is 7.11 Å². The molecule has 2 atom stereocenters. The second-order valence-corrected chi connectivity index (χ2v) is 4.86. The summed E-state index contributed by atoms with van der Waals surface area (Å²) in [5, 5.41) is 9.71. The minimum Gasteiger partial charge on any atom is -0.497 e. The van der Waals surface area contributed by atoms with E-state index in [0.29, 0.717) is 6.04 Å². The van der Waals surface area contributed by atoms with Gasteiger partial charge in [-0.3, -0.25) is 0 Å². The quantitative estimate of drug-likeness (QED) is 0.865. The molecule has 0 aliphatic carbocycles. The van der Waals surface area contributed by atoms with Gasteiger partial charge in [0.05, 0.1) is 13.2 Å². The Hall–Kier alpha value is -1.06. The molecule has 3 heteroatoms. The van der Waals surface area contributed by atoms with Crippen molar-refractivity contribution in [3.05, 3.63) is 29.8 Å². The van der Waals surface area contributed by atoms with Crippen LogP contribution in [-0.2, 0) is 6.42 Å². The van der Waals surface area contributed by atoms with Crippen molar-refractivity contribution in [3.63, 3.8) is 0 Å². The third-order valence-electron chi connectivity index (χ3n) is 3.61. The minimum atomic E-state index is -0.130. The molecule has 2 rings (SSSR count). The predicted octanol–water partition coefficient (Wildman–Crippen LogP) is 1.69. The van der Waals surface area contributed by atoms with Crippen molar-refractivity contribution in [3.8, 4) is 5.75 Å². The minimum absolute atomic E-state index is 0.130. The number of piperidine rings is 1. The fraction of sp³-hybridized carbons (Fsp3) is 0.571. The van der Waals surface area contributed by atoms with Crippen LogP contribution >= 0.6 is 0 Å². The average molecular weight is 235 g/mol. The molecule has 0 bridgehead atoms. The number of likely N-dealkylation sites (tertiary alicyclic amines) is 1. The van der Waals surface area contributed by atoms with Crippen molar-refractivity contribution in [2.75, 3.05) is 20.7 Å². The second-order valence-electron chi connectivity index (χ2n) is 4.86. The summed E-state index contributed by atoms with van der Waals surface area (Å²) in [4.78, 5) is 2.34. The Morgan fingerprint density at radius 1 is 1.35 bits per heavy atom.